The Bertz CT molecular complexity index is 1320. The summed E-state index contributed by atoms with van der Waals surface area (Å²) >= 11 is 0. The van der Waals surface area contributed by atoms with Gasteiger partial charge in [0.1, 0.15) is 5.82 Å². The van der Waals surface area contributed by atoms with Crippen molar-refractivity contribution < 1.29 is 21.9 Å². The molecule has 1 aromatic carbocycles. The second-order valence-corrected chi connectivity index (χ2v) is 10.1. The van der Waals surface area contributed by atoms with E-state index < -0.39 is 26.7 Å². The van der Waals surface area contributed by atoms with Crippen LogP contribution >= 0.6 is 0 Å². The van der Waals surface area contributed by atoms with Crippen molar-refractivity contribution in [2.24, 2.45) is 0 Å². The molecule has 0 unspecified atom stereocenters. The van der Waals surface area contributed by atoms with E-state index in [1.165, 1.54) is 10.6 Å². The van der Waals surface area contributed by atoms with E-state index in [2.05, 4.69) is 9.97 Å². The van der Waals surface area contributed by atoms with Gasteiger partial charge in [-0.1, -0.05) is 0 Å². The molecule has 32 heavy (non-hydrogen) atoms. The summed E-state index contributed by atoms with van der Waals surface area (Å²) in [6.07, 6.45) is 1.60. The van der Waals surface area contributed by atoms with E-state index in [0.29, 0.717) is 29.4 Å². The molecule has 0 saturated heterocycles. The maximum Gasteiger partial charge on any atom is 0.322 e. The van der Waals surface area contributed by atoms with Crippen molar-refractivity contribution in [2.45, 2.75) is 45.2 Å². The zero-order valence-electron chi connectivity index (χ0n) is 18.1. The number of hydrogen-bond donors (Lipinski definition) is 0. The molecule has 0 radical (unpaired) electrons. The van der Waals surface area contributed by atoms with Crippen LogP contribution in [0.5, 0.6) is 11.8 Å². The predicted octanol–water partition coefficient (Wildman–Crippen LogP) is 4.03. The van der Waals surface area contributed by atoms with Crippen molar-refractivity contribution in [1.82, 2.24) is 14.5 Å². The Morgan fingerprint density at radius 2 is 1.84 bits per heavy atom. The topological polar surface area (TPSA) is 91.2 Å². The minimum atomic E-state index is -3.51. The van der Waals surface area contributed by atoms with Gasteiger partial charge in [0.25, 0.3) is 5.56 Å². The summed E-state index contributed by atoms with van der Waals surface area (Å²) in [7, 11) is -3.51. The Hall–Kier alpha value is -3.14. The summed E-state index contributed by atoms with van der Waals surface area (Å²) in [5.74, 6) is -2.42. The first kappa shape index (κ1) is 23.5. The van der Waals surface area contributed by atoms with Crippen LogP contribution in [0.15, 0.2) is 41.3 Å². The fourth-order valence-corrected chi connectivity index (χ4v) is 3.82. The number of ether oxygens (including phenoxy) is 1. The number of pyridine rings is 1. The van der Waals surface area contributed by atoms with Crippen LogP contribution in [-0.4, -0.2) is 28.2 Å². The minimum Gasteiger partial charge on any atom is -0.421 e. The van der Waals surface area contributed by atoms with Gasteiger partial charge in [-0.3, -0.25) is 4.79 Å². The number of rotatable bonds is 7. The third-order valence-corrected chi connectivity index (χ3v) is 6.96. The van der Waals surface area contributed by atoms with E-state index in [1.54, 1.807) is 33.0 Å². The molecule has 0 saturated carbocycles. The molecule has 170 valence electrons. The van der Waals surface area contributed by atoms with Gasteiger partial charge < -0.3 is 9.30 Å². The number of nitrogens with zero attached hydrogens (tertiary/aromatic N) is 3. The Balaban J connectivity index is 2.14. The number of sulfone groups is 1. The van der Waals surface area contributed by atoms with Gasteiger partial charge in [0, 0.05) is 29.9 Å². The van der Waals surface area contributed by atoms with Crippen molar-refractivity contribution in [3.8, 4) is 23.0 Å². The molecule has 0 atom stereocenters. The highest BCUT2D eigenvalue weighted by atomic mass is 32.2. The zero-order valence-corrected chi connectivity index (χ0v) is 18.9. The lowest BCUT2D eigenvalue weighted by molar-refractivity contribution is 0.407. The maximum atomic E-state index is 14.1. The first-order valence-corrected chi connectivity index (χ1v) is 11.7. The third kappa shape index (κ3) is 5.18. The van der Waals surface area contributed by atoms with Crippen molar-refractivity contribution >= 4 is 9.84 Å². The van der Waals surface area contributed by atoms with Crippen LogP contribution in [-0.2, 0) is 22.1 Å². The van der Waals surface area contributed by atoms with Gasteiger partial charge in [-0.05, 0) is 52.0 Å². The second kappa shape index (κ2) is 9.15. The molecule has 0 aliphatic carbocycles. The number of aromatic nitrogens is 3. The zero-order chi connectivity index (χ0) is 23.6. The van der Waals surface area contributed by atoms with Crippen LogP contribution in [0.1, 0.15) is 32.0 Å². The Morgan fingerprint density at radius 3 is 2.47 bits per heavy atom. The molecule has 0 spiro atoms. The van der Waals surface area contributed by atoms with Crippen molar-refractivity contribution in [2.75, 3.05) is 0 Å². The highest BCUT2D eigenvalue weighted by Crippen LogP contribution is 2.27. The number of benzene rings is 1. The maximum absolute atomic E-state index is 14.1. The van der Waals surface area contributed by atoms with Gasteiger partial charge in [-0.15, -0.1) is 0 Å². The molecule has 0 fully saturated rings. The molecule has 0 N–H and O–H groups in total. The molecular weight excluding hydrogens is 440 g/mol. The minimum absolute atomic E-state index is 0.146. The third-order valence-electron chi connectivity index (χ3n) is 4.82. The summed E-state index contributed by atoms with van der Waals surface area (Å²) in [5.41, 5.74) is 1.31. The molecule has 0 bridgehead atoms. The molecule has 0 amide bonds. The standard InChI is InChI=1S/C22H23F2N3O4S/c1-5-27-11-15(8-14(4)21(27)28)19-10-17(12-32(29,30)13(2)3)25-22(26-19)31-20-7-6-16(23)9-18(20)24/h6-11,13H,5,12H2,1-4H3. The molecule has 2 heterocycles. The lowest BCUT2D eigenvalue weighted by Crippen LogP contribution is -2.21. The average Bonchev–Trinajstić information content (AvgIpc) is 2.71. The number of halogens is 2. The van der Waals surface area contributed by atoms with Gasteiger partial charge in [-0.2, -0.15) is 9.97 Å². The fraction of sp³-hybridized carbons (Fsp3) is 0.318. The number of aryl methyl sites for hydroxylation is 2. The van der Waals surface area contributed by atoms with Crippen molar-refractivity contribution in [1.29, 1.82) is 0 Å². The molecule has 7 nitrogen and oxygen atoms in total. The van der Waals surface area contributed by atoms with Crippen molar-refractivity contribution in [3.63, 3.8) is 0 Å². The van der Waals surface area contributed by atoms with Crippen LogP contribution in [0.2, 0.25) is 0 Å². The highest BCUT2D eigenvalue weighted by Gasteiger charge is 2.20. The van der Waals surface area contributed by atoms with E-state index in [0.717, 1.165) is 12.1 Å². The average molecular weight is 464 g/mol. The second-order valence-electron chi connectivity index (χ2n) is 7.56. The molecule has 3 aromatic rings. The van der Waals surface area contributed by atoms with E-state index in [1.807, 2.05) is 6.92 Å². The smallest absolute Gasteiger partial charge is 0.322 e. The molecule has 2 aromatic heterocycles. The van der Waals surface area contributed by atoms with E-state index in [4.69, 9.17) is 4.74 Å². The summed E-state index contributed by atoms with van der Waals surface area (Å²) in [6, 6.07) is 5.59. The van der Waals surface area contributed by atoms with Crippen LogP contribution in [0.3, 0.4) is 0 Å². The fourth-order valence-electron chi connectivity index (χ4n) is 2.93. The summed E-state index contributed by atoms with van der Waals surface area (Å²) in [6.45, 7) is 7.02. The molecule has 10 heteroatoms. The highest BCUT2D eigenvalue weighted by molar-refractivity contribution is 7.91. The van der Waals surface area contributed by atoms with Crippen LogP contribution < -0.4 is 10.3 Å². The van der Waals surface area contributed by atoms with Crippen LogP contribution in [0.4, 0.5) is 8.78 Å². The van der Waals surface area contributed by atoms with Crippen LogP contribution in [0, 0.1) is 18.6 Å². The summed E-state index contributed by atoms with van der Waals surface area (Å²) < 4.78 is 59.1. The predicted molar refractivity (Wildman–Crippen MR) is 116 cm³/mol. The van der Waals surface area contributed by atoms with E-state index in [-0.39, 0.29) is 28.8 Å². The van der Waals surface area contributed by atoms with Crippen LogP contribution in [0.25, 0.3) is 11.3 Å². The van der Waals surface area contributed by atoms with Gasteiger partial charge >= 0.3 is 6.01 Å². The van der Waals surface area contributed by atoms with Gasteiger partial charge in [0.2, 0.25) is 0 Å². The summed E-state index contributed by atoms with van der Waals surface area (Å²) in [4.78, 5) is 20.6. The van der Waals surface area contributed by atoms with Gasteiger partial charge in [-0.25, -0.2) is 17.2 Å². The molecular formula is C22H23F2N3O4S. The lowest BCUT2D eigenvalue weighted by atomic mass is 10.1. The van der Waals surface area contributed by atoms with Gasteiger partial charge in [0.05, 0.1) is 22.4 Å². The first-order chi connectivity index (χ1) is 15.0. The summed E-state index contributed by atoms with van der Waals surface area (Å²) in [5, 5.41) is -0.635. The first-order valence-electron chi connectivity index (χ1n) is 9.94. The normalized spacial score (nSPS) is 11.7. The quantitative estimate of drug-likeness (QED) is 0.526. The SMILES string of the molecule is CCn1cc(-c2cc(CS(=O)(=O)C(C)C)nc(Oc3ccc(F)cc3F)n2)cc(C)c1=O. The van der Waals surface area contributed by atoms with Gasteiger partial charge in [0.15, 0.2) is 21.4 Å². The molecule has 0 aliphatic rings. The Morgan fingerprint density at radius 1 is 1.12 bits per heavy atom. The monoisotopic (exact) mass is 463 g/mol. The number of hydrogen-bond acceptors (Lipinski definition) is 6. The lowest BCUT2D eigenvalue weighted by Gasteiger charge is -2.13. The Kier molecular flexibility index (Phi) is 6.73. The van der Waals surface area contributed by atoms with Crippen molar-refractivity contribution in [3.05, 3.63) is 69.8 Å². The largest absolute Gasteiger partial charge is 0.421 e. The van der Waals surface area contributed by atoms with E-state index in [9.17, 15) is 22.0 Å². The molecule has 0 aliphatic heterocycles. The Labute approximate surface area is 184 Å². The molecule has 3 rings (SSSR count). The van der Waals surface area contributed by atoms with E-state index >= 15 is 0 Å².